The van der Waals surface area contributed by atoms with Gasteiger partial charge in [-0.25, -0.2) is 9.37 Å². The topological polar surface area (TPSA) is 70.7 Å². The molecular weight excluding hydrogens is 436 g/mol. The number of nitrogens with zero attached hydrogens (tertiary/aromatic N) is 3. The lowest BCUT2D eigenvalue weighted by molar-refractivity contribution is -0.203. The van der Waals surface area contributed by atoms with Gasteiger partial charge in [0.15, 0.2) is 5.82 Å². The van der Waals surface area contributed by atoms with Gasteiger partial charge < -0.3 is 4.57 Å². The largest absolute Gasteiger partial charge is 0.394 e. The van der Waals surface area contributed by atoms with Gasteiger partial charge in [0.1, 0.15) is 5.52 Å². The summed E-state index contributed by atoms with van der Waals surface area (Å²) >= 11 is 0. The first-order valence-corrected chi connectivity index (χ1v) is 11.5. The summed E-state index contributed by atoms with van der Waals surface area (Å²) < 4.78 is 57.2. The molecule has 3 aliphatic rings. The van der Waals surface area contributed by atoms with Crippen LogP contribution >= 0.6 is 0 Å². The van der Waals surface area contributed by atoms with Gasteiger partial charge in [-0.05, 0) is 76.3 Å². The quantitative estimate of drug-likeness (QED) is 0.533. The number of hydrogen-bond donors (Lipinski definition) is 1. The van der Waals surface area contributed by atoms with E-state index in [1.165, 1.54) is 0 Å². The lowest BCUT2D eigenvalue weighted by Gasteiger charge is -2.41. The molecule has 33 heavy (non-hydrogen) atoms. The van der Waals surface area contributed by atoms with Crippen LogP contribution in [0.1, 0.15) is 70.8 Å². The first-order valence-electron chi connectivity index (χ1n) is 11.5. The summed E-state index contributed by atoms with van der Waals surface area (Å²) in [6.07, 6.45) is -0.196. The summed E-state index contributed by atoms with van der Waals surface area (Å²) in [4.78, 5) is 17.7. The molecule has 1 atom stereocenters. The number of aromatic nitrogens is 2. The zero-order valence-corrected chi connectivity index (χ0v) is 18.7. The van der Waals surface area contributed by atoms with Crippen molar-refractivity contribution in [2.24, 2.45) is 16.7 Å². The number of halogens is 4. The number of anilines is 1. The van der Waals surface area contributed by atoms with E-state index in [0.717, 1.165) is 25.3 Å². The highest BCUT2D eigenvalue weighted by Gasteiger charge is 2.67. The molecule has 0 aliphatic heterocycles. The summed E-state index contributed by atoms with van der Waals surface area (Å²) in [5.74, 6) is -1.45. The Morgan fingerprint density at radius 2 is 1.91 bits per heavy atom. The molecule has 9 heteroatoms. The molecule has 2 aromatic rings. The molecule has 176 valence electrons. The van der Waals surface area contributed by atoms with Crippen LogP contribution in [0.4, 0.5) is 23.5 Å². The van der Waals surface area contributed by atoms with Crippen molar-refractivity contribution in [2.75, 3.05) is 5.32 Å². The molecule has 0 saturated heterocycles. The Bertz CT molecular complexity index is 1180. The molecule has 1 unspecified atom stereocenters. The van der Waals surface area contributed by atoms with E-state index >= 15 is 0 Å². The average molecular weight is 462 g/mol. The van der Waals surface area contributed by atoms with Crippen molar-refractivity contribution in [3.8, 4) is 6.07 Å². The number of benzene rings is 1. The molecular formula is C24H26F4N4O. The Balaban J connectivity index is 1.46. The van der Waals surface area contributed by atoms with Crippen LogP contribution in [0.3, 0.4) is 0 Å². The smallest absolute Gasteiger partial charge is 0.304 e. The molecule has 1 heterocycles. The number of fused-ring (bicyclic) bond motifs is 1. The number of carbonyl (C=O) groups excluding carboxylic acids is 1. The molecule has 1 N–H and O–H groups in total. The van der Waals surface area contributed by atoms with Crippen molar-refractivity contribution in [1.29, 1.82) is 5.26 Å². The molecule has 0 spiro atoms. The predicted octanol–water partition coefficient (Wildman–Crippen LogP) is 6.03. The predicted molar refractivity (Wildman–Crippen MR) is 114 cm³/mol. The van der Waals surface area contributed by atoms with Gasteiger partial charge in [0.25, 0.3) is 0 Å². The molecule has 0 bridgehead atoms. The molecule has 1 aromatic heterocycles. The zero-order valence-electron chi connectivity index (χ0n) is 18.7. The van der Waals surface area contributed by atoms with E-state index in [1.807, 2.05) is 13.0 Å². The minimum atomic E-state index is -4.26. The van der Waals surface area contributed by atoms with Crippen molar-refractivity contribution in [3.63, 3.8) is 0 Å². The molecule has 0 radical (unpaired) electrons. The molecule has 3 fully saturated rings. The van der Waals surface area contributed by atoms with E-state index in [4.69, 9.17) is 0 Å². The SMILES string of the molecule is CC(CC1(C(=O)Nc2nc3c(F)cc(C#N)cc3n2C2(C)CCC2)CC1)C1(C(F)(F)F)CC1. The highest BCUT2D eigenvalue weighted by Crippen LogP contribution is 2.66. The van der Waals surface area contributed by atoms with Crippen LogP contribution in [0.5, 0.6) is 0 Å². The maximum absolute atomic E-state index is 14.7. The second-order valence-corrected chi connectivity index (χ2v) is 10.6. The van der Waals surface area contributed by atoms with Crippen LogP contribution in [-0.4, -0.2) is 21.6 Å². The number of rotatable bonds is 6. The third kappa shape index (κ3) is 3.32. The fraction of sp³-hybridized carbons (Fsp3) is 0.625. The van der Waals surface area contributed by atoms with Crippen molar-refractivity contribution in [3.05, 3.63) is 23.5 Å². The number of amides is 1. The standard InChI is InChI=1S/C24H26F4N4O/c1-14(23(8-9-23)24(26,27)28)12-22(6-7-22)19(33)31-20-30-18-16(25)10-15(13-29)11-17(18)32(20)21(2)4-3-5-21/h10-11,14H,3-9,12H2,1-2H3,(H,30,31,33). The molecule has 1 amide bonds. The summed E-state index contributed by atoms with van der Waals surface area (Å²) in [7, 11) is 0. The number of alkyl halides is 3. The number of imidazole rings is 1. The Labute approximate surface area is 189 Å². The maximum atomic E-state index is 14.7. The Morgan fingerprint density at radius 1 is 1.24 bits per heavy atom. The van der Waals surface area contributed by atoms with Crippen LogP contribution < -0.4 is 5.32 Å². The lowest BCUT2D eigenvalue weighted by atomic mass is 9.78. The van der Waals surface area contributed by atoms with Crippen molar-refractivity contribution in [2.45, 2.75) is 76.9 Å². The number of carbonyl (C=O) groups is 1. The highest BCUT2D eigenvalue weighted by molar-refractivity contribution is 5.97. The van der Waals surface area contributed by atoms with Crippen LogP contribution in [0, 0.1) is 33.9 Å². The normalized spacial score (nSPS) is 22.8. The van der Waals surface area contributed by atoms with E-state index in [0.29, 0.717) is 18.4 Å². The molecule has 5 nitrogen and oxygen atoms in total. The van der Waals surface area contributed by atoms with Gasteiger partial charge in [-0.3, -0.25) is 10.1 Å². The fourth-order valence-corrected chi connectivity index (χ4v) is 5.62. The van der Waals surface area contributed by atoms with Crippen LogP contribution in [0.25, 0.3) is 11.0 Å². The lowest BCUT2D eigenvalue weighted by Crippen LogP contribution is -2.39. The Kier molecular flexibility index (Phi) is 4.66. The van der Waals surface area contributed by atoms with Gasteiger partial charge in [0.2, 0.25) is 11.9 Å². The van der Waals surface area contributed by atoms with Crippen molar-refractivity contribution < 1.29 is 22.4 Å². The third-order valence-corrected chi connectivity index (χ3v) is 8.37. The zero-order chi connectivity index (χ0) is 23.8. The van der Waals surface area contributed by atoms with Crippen LogP contribution in [0.15, 0.2) is 12.1 Å². The number of nitriles is 1. The molecule has 3 saturated carbocycles. The van der Waals surface area contributed by atoms with Crippen molar-refractivity contribution in [1.82, 2.24) is 9.55 Å². The number of hydrogen-bond acceptors (Lipinski definition) is 3. The van der Waals surface area contributed by atoms with Crippen LogP contribution in [-0.2, 0) is 10.3 Å². The second kappa shape index (κ2) is 6.94. The Morgan fingerprint density at radius 3 is 2.39 bits per heavy atom. The summed E-state index contributed by atoms with van der Waals surface area (Å²) in [6.45, 7) is 3.59. The van der Waals surface area contributed by atoms with E-state index in [2.05, 4.69) is 10.3 Å². The van der Waals surface area contributed by atoms with E-state index in [1.54, 1.807) is 17.6 Å². The minimum Gasteiger partial charge on any atom is -0.304 e. The summed E-state index contributed by atoms with van der Waals surface area (Å²) in [6, 6.07) is 4.64. The van der Waals surface area contributed by atoms with Gasteiger partial charge >= 0.3 is 6.18 Å². The molecule has 3 aliphatic carbocycles. The van der Waals surface area contributed by atoms with Gasteiger partial charge in [-0.1, -0.05) is 6.92 Å². The molecule has 1 aromatic carbocycles. The van der Waals surface area contributed by atoms with Crippen LogP contribution in [0.2, 0.25) is 0 Å². The molecule has 5 rings (SSSR count). The van der Waals surface area contributed by atoms with Gasteiger partial charge in [-0.15, -0.1) is 0 Å². The van der Waals surface area contributed by atoms with Gasteiger partial charge in [0.05, 0.1) is 22.6 Å². The Hall–Kier alpha value is -2.63. The first kappa shape index (κ1) is 22.2. The van der Waals surface area contributed by atoms with Gasteiger partial charge in [0, 0.05) is 11.0 Å². The third-order valence-electron chi connectivity index (χ3n) is 8.37. The van der Waals surface area contributed by atoms with E-state index in [-0.39, 0.29) is 47.7 Å². The summed E-state index contributed by atoms with van der Waals surface area (Å²) in [5.41, 5.74) is -2.22. The number of nitrogens with one attached hydrogen (secondary N) is 1. The maximum Gasteiger partial charge on any atom is 0.394 e. The second-order valence-electron chi connectivity index (χ2n) is 10.6. The first-order chi connectivity index (χ1) is 15.4. The monoisotopic (exact) mass is 462 g/mol. The van der Waals surface area contributed by atoms with E-state index in [9.17, 15) is 27.6 Å². The van der Waals surface area contributed by atoms with E-state index < -0.39 is 28.7 Å². The fourth-order valence-electron chi connectivity index (χ4n) is 5.62. The van der Waals surface area contributed by atoms with Crippen molar-refractivity contribution >= 4 is 22.9 Å². The summed E-state index contributed by atoms with van der Waals surface area (Å²) in [5, 5.41) is 12.1. The highest BCUT2D eigenvalue weighted by atomic mass is 19.4. The van der Waals surface area contributed by atoms with Gasteiger partial charge in [-0.2, -0.15) is 18.4 Å². The minimum absolute atomic E-state index is 0.0737. The average Bonchev–Trinajstić information content (AvgIpc) is 3.63.